The van der Waals surface area contributed by atoms with Crippen LogP contribution in [0.25, 0.3) is 0 Å². The molecule has 0 saturated carbocycles. The zero-order chi connectivity index (χ0) is 15.9. The summed E-state index contributed by atoms with van der Waals surface area (Å²) in [5.41, 5.74) is 0.830. The highest BCUT2D eigenvalue weighted by Gasteiger charge is 2.15. The zero-order valence-electron chi connectivity index (χ0n) is 12.8. The van der Waals surface area contributed by atoms with E-state index in [1.54, 1.807) is 19.2 Å². The van der Waals surface area contributed by atoms with Gasteiger partial charge in [-0.15, -0.1) is 0 Å². The van der Waals surface area contributed by atoms with Crippen molar-refractivity contribution in [2.24, 2.45) is 0 Å². The third-order valence-electron chi connectivity index (χ3n) is 3.77. The Hall–Kier alpha value is -1.46. The molecule has 0 bridgehead atoms. The van der Waals surface area contributed by atoms with E-state index in [9.17, 15) is 4.79 Å². The standard InChI is InChI=1S/C16H22ClNO4/c1-21-14-11-12(4-5-15(19)20)10-13(17)16(14)22-9-8-18-6-2-3-7-18/h10-11H,2-9H2,1H3,(H,19,20). The lowest BCUT2D eigenvalue weighted by Crippen LogP contribution is -2.25. The van der Waals surface area contributed by atoms with Crippen LogP contribution in [0.4, 0.5) is 0 Å². The first-order chi connectivity index (χ1) is 10.6. The Morgan fingerprint density at radius 1 is 1.36 bits per heavy atom. The number of carboxylic acid groups (broad SMARTS) is 1. The summed E-state index contributed by atoms with van der Waals surface area (Å²) in [5, 5.41) is 9.21. The number of benzene rings is 1. The molecule has 0 spiro atoms. The largest absolute Gasteiger partial charge is 0.493 e. The second-order valence-corrected chi connectivity index (χ2v) is 5.81. The van der Waals surface area contributed by atoms with Crippen LogP contribution in [-0.2, 0) is 11.2 Å². The van der Waals surface area contributed by atoms with E-state index in [2.05, 4.69) is 4.90 Å². The number of rotatable bonds is 8. The van der Waals surface area contributed by atoms with E-state index < -0.39 is 5.97 Å². The second-order valence-electron chi connectivity index (χ2n) is 5.40. The predicted octanol–water partition coefficient (Wildman–Crippen LogP) is 2.84. The van der Waals surface area contributed by atoms with Gasteiger partial charge in [0.15, 0.2) is 11.5 Å². The molecular formula is C16H22ClNO4. The fraction of sp³-hybridized carbons (Fsp3) is 0.562. The van der Waals surface area contributed by atoms with Gasteiger partial charge in [0, 0.05) is 13.0 Å². The van der Waals surface area contributed by atoms with Crippen molar-refractivity contribution in [3.63, 3.8) is 0 Å². The normalized spacial score (nSPS) is 15.0. The Morgan fingerprint density at radius 2 is 2.09 bits per heavy atom. The summed E-state index contributed by atoms with van der Waals surface area (Å²) in [5.74, 6) is 0.248. The second kappa shape index (κ2) is 8.25. The Kier molecular flexibility index (Phi) is 6.34. The molecule has 0 aromatic heterocycles. The maximum Gasteiger partial charge on any atom is 0.303 e. The van der Waals surface area contributed by atoms with E-state index in [1.165, 1.54) is 12.8 Å². The van der Waals surface area contributed by atoms with E-state index in [1.807, 2.05) is 0 Å². The van der Waals surface area contributed by atoms with Crippen molar-refractivity contribution in [1.82, 2.24) is 4.90 Å². The maximum atomic E-state index is 10.7. The molecular weight excluding hydrogens is 306 g/mol. The van der Waals surface area contributed by atoms with Crippen LogP contribution >= 0.6 is 11.6 Å². The average Bonchev–Trinajstić information content (AvgIpc) is 3.00. The molecule has 0 atom stereocenters. The van der Waals surface area contributed by atoms with Gasteiger partial charge in [0.05, 0.1) is 12.1 Å². The van der Waals surface area contributed by atoms with E-state index in [0.717, 1.165) is 25.2 Å². The van der Waals surface area contributed by atoms with Gasteiger partial charge >= 0.3 is 5.97 Å². The molecule has 1 aromatic carbocycles. The first kappa shape index (κ1) is 16.9. The summed E-state index contributed by atoms with van der Waals surface area (Å²) in [4.78, 5) is 13.0. The number of hydrogen-bond acceptors (Lipinski definition) is 4. The van der Waals surface area contributed by atoms with Gasteiger partial charge in [-0.25, -0.2) is 0 Å². The van der Waals surface area contributed by atoms with Gasteiger partial charge < -0.3 is 14.6 Å². The quantitative estimate of drug-likeness (QED) is 0.795. The number of aryl methyl sites for hydroxylation is 1. The predicted molar refractivity (Wildman–Crippen MR) is 85.1 cm³/mol. The van der Waals surface area contributed by atoms with Gasteiger partial charge in [-0.05, 0) is 50.0 Å². The molecule has 0 radical (unpaired) electrons. The highest BCUT2D eigenvalue weighted by molar-refractivity contribution is 6.32. The zero-order valence-corrected chi connectivity index (χ0v) is 13.6. The third-order valence-corrected chi connectivity index (χ3v) is 4.05. The minimum atomic E-state index is -0.832. The summed E-state index contributed by atoms with van der Waals surface area (Å²) in [6.45, 7) is 3.69. The van der Waals surface area contributed by atoms with E-state index in [0.29, 0.717) is 29.5 Å². The summed E-state index contributed by atoms with van der Waals surface area (Å²) in [6, 6.07) is 3.54. The summed E-state index contributed by atoms with van der Waals surface area (Å²) < 4.78 is 11.1. The molecule has 2 rings (SSSR count). The molecule has 1 aliphatic rings. The van der Waals surface area contributed by atoms with Crippen molar-refractivity contribution < 1.29 is 19.4 Å². The number of hydrogen-bond donors (Lipinski definition) is 1. The summed E-state index contributed by atoms with van der Waals surface area (Å²) >= 11 is 6.26. The molecule has 6 heteroatoms. The van der Waals surface area contributed by atoms with Crippen LogP contribution in [0.3, 0.4) is 0 Å². The number of methoxy groups -OCH3 is 1. The van der Waals surface area contributed by atoms with Gasteiger partial charge in [-0.3, -0.25) is 9.69 Å². The molecule has 1 N–H and O–H groups in total. The van der Waals surface area contributed by atoms with Gasteiger partial charge in [0.25, 0.3) is 0 Å². The van der Waals surface area contributed by atoms with Gasteiger partial charge in [0.1, 0.15) is 6.61 Å². The maximum absolute atomic E-state index is 10.7. The van der Waals surface area contributed by atoms with Crippen LogP contribution in [0.2, 0.25) is 5.02 Å². The first-order valence-electron chi connectivity index (χ1n) is 7.53. The van der Waals surface area contributed by atoms with Crippen LogP contribution < -0.4 is 9.47 Å². The van der Waals surface area contributed by atoms with Gasteiger partial charge in [-0.1, -0.05) is 11.6 Å². The molecule has 1 fully saturated rings. The fourth-order valence-electron chi connectivity index (χ4n) is 2.59. The van der Waals surface area contributed by atoms with Crippen molar-refractivity contribution in [3.8, 4) is 11.5 Å². The molecule has 1 saturated heterocycles. The molecule has 1 aromatic rings. The van der Waals surface area contributed by atoms with Crippen LogP contribution in [0.15, 0.2) is 12.1 Å². The monoisotopic (exact) mass is 327 g/mol. The molecule has 1 heterocycles. The van der Waals surface area contributed by atoms with Gasteiger partial charge in [-0.2, -0.15) is 0 Å². The van der Waals surface area contributed by atoms with Crippen molar-refractivity contribution in [2.75, 3.05) is 33.4 Å². The molecule has 5 nitrogen and oxygen atoms in total. The molecule has 1 aliphatic heterocycles. The molecule has 0 amide bonds. The average molecular weight is 328 g/mol. The summed E-state index contributed by atoms with van der Waals surface area (Å²) in [7, 11) is 1.56. The van der Waals surface area contributed by atoms with E-state index in [-0.39, 0.29) is 6.42 Å². The molecule has 22 heavy (non-hydrogen) atoms. The molecule has 0 aliphatic carbocycles. The lowest BCUT2D eigenvalue weighted by atomic mass is 10.1. The number of ether oxygens (including phenoxy) is 2. The smallest absolute Gasteiger partial charge is 0.303 e. The number of halogens is 1. The minimum absolute atomic E-state index is 0.0641. The number of likely N-dealkylation sites (tertiary alicyclic amines) is 1. The van der Waals surface area contributed by atoms with Crippen molar-refractivity contribution >= 4 is 17.6 Å². The van der Waals surface area contributed by atoms with E-state index >= 15 is 0 Å². The van der Waals surface area contributed by atoms with Crippen LogP contribution in [0, 0.1) is 0 Å². The Bertz CT molecular complexity index is 515. The third kappa shape index (κ3) is 4.78. The number of nitrogens with zero attached hydrogens (tertiary/aromatic N) is 1. The Labute approximate surface area is 135 Å². The molecule has 122 valence electrons. The van der Waals surface area contributed by atoms with Crippen molar-refractivity contribution in [2.45, 2.75) is 25.7 Å². The fourth-order valence-corrected chi connectivity index (χ4v) is 2.88. The molecule has 0 unspecified atom stereocenters. The van der Waals surface area contributed by atoms with Gasteiger partial charge in [0.2, 0.25) is 0 Å². The Balaban J connectivity index is 1.98. The van der Waals surface area contributed by atoms with E-state index in [4.69, 9.17) is 26.2 Å². The number of carboxylic acids is 1. The number of carbonyl (C=O) groups is 1. The summed E-state index contributed by atoms with van der Waals surface area (Å²) in [6.07, 6.45) is 2.98. The van der Waals surface area contributed by atoms with Crippen molar-refractivity contribution in [3.05, 3.63) is 22.7 Å². The highest BCUT2D eigenvalue weighted by Crippen LogP contribution is 2.36. The Morgan fingerprint density at radius 3 is 2.73 bits per heavy atom. The van der Waals surface area contributed by atoms with Crippen LogP contribution in [0.1, 0.15) is 24.8 Å². The van der Waals surface area contributed by atoms with Crippen molar-refractivity contribution in [1.29, 1.82) is 0 Å². The SMILES string of the molecule is COc1cc(CCC(=O)O)cc(Cl)c1OCCN1CCCC1. The topological polar surface area (TPSA) is 59.0 Å². The first-order valence-corrected chi connectivity index (χ1v) is 7.91. The number of aliphatic carboxylic acids is 1. The van der Waals surface area contributed by atoms with Crippen LogP contribution in [-0.4, -0.2) is 49.3 Å². The lowest BCUT2D eigenvalue weighted by Gasteiger charge is -2.17. The van der Waals surface area contributed by atoms with Crippen LogP contribution in [0.5, 0.6) is 11.5 Å². The highest BCUT2D eigenvalue weighted by atomic mass is 35.5. The lowest BCUT2D eigenvalue weighted by molar-refractivity contribution is -0.136. The minimum Gasteiger partial charge on any atom is -0.493 e.